The molecule has 0 aliphatic heterocycles. The van der Waals surface area contributed by atoms with Gasteiger partial charge in [0.05, 0.1) is 4.90 Å². The third kappa shape index (κ3) is 3.12. The highest BCUT2D eigenvalue weighted by Gasteiger charge is 2.23. The Bertz CT molecular complexity index is 691. The van der Waals surface area contributed by atoms with Crippen molar-refractivity contribution in [2.45, 2.75) is 24.8 Å². The molecule has 1 aromatic heterocycles. The summed E-state index contributed by atoms with van der Waals surface area (Å²) in [5, 5.41) is 3.78. The Kier molecular flexibility index (Phi) is 4.01. The minimum Gasteiger partial charge on any atom is -0.271 e. The standard InChI is InChI=1S/C13H15N3O3S/c1-10-4-6-12(7-5-10)20(18,19)15-11(2)13(17)16-9-3-8-14-16/h3-9,11,15H,1-2H3. The van der Waals surface area contributed by atoms with Crippen LogP contribution in [0, 0.1) is 6.92 Å². The average molecular weight is 293 g/mol. The molecule has 0 fully saturated rings. The van der Waals surface area contributed by atoms with E-state index in [-0.39, 0.29) is 4.90 Å². The fourth-order valence-electron chi connectivity index (χ4n) is 1.67. The van der Waals surface area contributed by atoms with E-state index in [0.29, 0.717) is 0 Å². The molecule has 0 bridgehead atoms. The Labute approximate surface area is 117 Å². The predicted molar refractivity (Wildman–Crippen MR) is 73.8 cm³/mol. The molecule has 1 aromatic carbocycles. The number of benzene rings is 1. The molecule has 0 saturated carbocycles. The van der Waals surface area contributed by atoms with Crippen LogP contribution in [0.15, 0.2) is 47.6 Å². The number of rotatable bonds is 4. The molecule has 1 atom stereocenters. The first-order valence-electron chi connectivity index (χ1n) is 6.03. The van der Waals surface area contributed by atoms with Crippen LogP contribution in [-0.2, 0) is 10.0 Å². The number of nitrogens with zero attached hydrogens (tertiary/aromatic N) is 2. The minimum atomic E-state index is -3.72. The van der Waals surface area contributed by atoms with E-state index in [9.17, 15) is 13.2 Å². The van der Waals surface area contributed by atoms with E-state index in [1.54, 1.807) is 18.2 Å². The van der Waals surface area contributed by atoms with E-state index in [4.69, 9.17) is 0 Å². The van der Waals surface area contributed by atoms with E-state index in [1.165, 1.54) is 31.5 Å². The molecular weight excluding hydrogens is 278 g/mol. The van der Waals surface area contributed by atoms with E-state index >= 15 is 0 Å². The van der Waals surface area contributed by atoms with Gasteiger partial charge in [-0.05, 0) is 32.0 Å². The van der Waals surface area contributed by atoms with Crippen molar-refractivity contribution >= 4 is 15.9 Å². The second-order valence-electron chi connectivity index (χ2n) is 4.44. The lowest BCUT2D eigenvalue weighted by atomic mass is 10.2. The summed E-state index contributed by atoms with van der Waals surface area (Å²) in [7, 11) is -3.72. The van der Waals surface area contributed by atoms with Gasteiger partial charge < -0.3 is 0 Å². The Balaban J connectivity index is 2.16. The monoisotopic (exact) mass is 293 g/mol. The molecule has 1 heterocycles. The first kappa shape index (κ1) is 14.4. The van der Waals surface area contributed by atoms with Crippen LogP contribution in [0.25, 0.3) is 0 Å². The quantitative estimate of drug-likeness (QED) is 0.918. The summed E-state index contributed by atoms with van der Waals surface area (Å²) in [6, 6.07) is 7.11. The molecule has 2 rings (SSSR count). The predicted octanol–water partition coefficient (Wildman–Crippen LogP) is 1.20. The van der Waals surface area contributed by atoms with E-state index in [0.717, 1.165) is 10.2 Å². The average Bonchev–Trinajstić information content (AvgIpc) is 2.91. The molecule has 1 unspecified atom stereocenters. The van der Waals surface area contributed by atoms with Crippen molar-refractivity contribution in [2.75, 3.05) is 0 Å². The number of carbonyl (C=O) groups is 1. The zero-order valence-corrected chi connectivity index (χ0v) is 12.0. The molecule has 0 radical (unpaired) electrons. The van der Waals surface area contributed by atoms with Crippen molar-refractivity contribution in [2.24, 2.45) is 0 Å². The highest BCUT2D eigenvalue weighted by molar-refractivity contribution is 7.89. The van der Waals surface area contributed by atoms with Gasteiger partial charge in [0.1, 0.15) is 6.04 Å². The van der Waals surface area contributed by atoms with Crippen LogP contribution in [-0.4, -0.2) is 30.1 Å². The highest BCUT2D eigenvalue weighted by atomic mass is 32.2. The van der Waals surface area contributed by atoms with Crippen molar-refractivity contribution in [3.63, 3.8) is 0 Å². The zero-order chi connectivity index (χ0) is 14.8. The number of aryl methyl sites for hydroxylation is 1. The Morgan fingerprint density at radius 2 is 1.95 bits per heavy atom. The molecule has 106 valence electrons. The summed E-state index contributed by atoms with van der Waals surface area (Å²) in [4.78, 5) is 12.1. The second-order valence-corrected chi connectivity index (χ2v) is 6.16. The molecule has 20 heavy (non-hydrogen) atoms. The first-order chi connectivity index (χ1) is 9.40. The molecule has 0 aliphatic rings. The van der Waals surface area contributed by atoms with Gasteiger partial charge in [-0.3, -0.25) is 4.79 Å². The first-order valence-corrected chi connectivity index (χ1v) is 7.51. The van der Waals surface area contributed by atoms with Crippen molar-refractivity contribution in [3.8, 4) is 0 Å². The van der Waals surface area contributed by atoms with Crippen LogP contribution in [0.5, 0.6) is 0 Å². The number of hydrogen-bond donors (Lipinski definition) is 1. The lowest BCUT2D eigenvalue weighted by molar-refractivity contribution is 0.0863. The summed E-state index contributed by atoms with van der Waals surface area (Å²) in [6.07, 6.45) is 2.93. The van der Waals surface area contributed by atoms with Gasteiger partial charge in [0.25, 0.3) is 5.91 Å². The Morgan fingerprint density at radius 1 is 1.30 bits per heavy atom. The number of sulfonamides is 1. The normalized spacial score (nSPS) is 13.1. The van der Waals surface area contributed by atoms with Gasteiger partial charge in [0, 0.05) is 12.4 Å². The van der Waals surface area contributed by atoms with Crippen LogP contribution in [0.4, 0.5) is 0 Å². The van der Waals surface area contributed by atoms with Gasteiger partial charge in [0.15, 0.2) is 0 Å². The van der Waals surface area contributed by atoms with Crippen LogP contribution in [0.1, 0.15) is 17.3 Å². The molecule has 1 N–H and O–H groups in total. The SMILES string of the molecule is Cc1ccc(S(=O)(=O)NC(C)C(=O)n2cccn2)cc1. The lowest BCUT2D eigenvalue weighted by Crippen LogP contribution is -2.41. The summed E-state index contributed by atoms with van der Waals surface area (Å²) in [5.41, 5.74) is 0.963. The summed E-state index contributed by atoms with van der Waals surface area (Å²) in [5.74, 6) is -0.439. The van der Waals surface area contributed by atoms with Crippen molar-refractivity contribution in [1.29, 1.82) is 0 Å². The minimum absolute atomic E-state index is 0.128. The molecule has 0 spiro atoms. The van der Waals surface area contributed by atoms with E-state index < -0.39 is 22.0 Å². The van der Waals surface area contributed by atoms with Crippen LogP contribution < -0.4 is 4.72 Å². The van der Waals surface area contributed by atoms with Crippen LogP contribution in [0.3, 0.4) is 0 Å². The fourth-order valence-corrected chi connectivity index (χ4v) is 2.86. The maximum atomic E-state index is 12.1. The molecular formula is C13H15N3O3S. The van der Waals surface area contributed by atoms with Gasteiger partial charge in [-0.15, -0.1) is 0 Å². The topological polar surface area (TPSA) is 81.1 Å². The number of carbonyl (C=O) groups excluding carboxylic acids is 1. The van der Waals surface area contributed by atoms with Crippen molar-refractivity contribution in [3.05, 3.63) is 48.3 Å². The molecule has 7 heteroatoms. The van der Waals surface area contributed by atoms with Crippen molar-refractivity contribution in [1.82, 2.24) is 14.5 Å². The van der Waals surface area contributed by atoms with E-state index in [2.05, 4.69) is 9.82 Å². The Morgan fingerprint density at radius 3 is 2.50 bits per heavy atom. The summed E-state index contributed by atoms with van der Waals surface area (Å²) >= 11 is 0. The number of nitrogens with one attached hydrogen (secondary N) is 1. The van der Waals surface area contributed by atoms with E-state index in [1.807, 2.05) is 6.92 Å². The van der Waals surface area contributed by atoms with Gasteiger partial charge in [-0.25, -0.2) is 13.1 Å². The third-order valence-electron chi connectivity index (χ3n) is 2.76. The van der Waals surface area contributed by atoms with Gasteiger partial charge in [-0.2, -0.15) is 9.82 Å². The molecule has 0 saturated heterocycles. The summed E-state index contributed by atoms with van der Waals surface area (Å²) < 4.78 is 27.7. The molecule has 0 aliphatic carbocycles. The fraction of sp³-hybridized carbons (Fsp3) is 0.231. The van der Waals surface area contributed by atoms with Crippen LogP contribution in [0.2, 0.25) is 0 Å². The van der Waals surface area contributed by atoms with Crippen molar-refractivity contribution < 1.29 is 13.2 Å². The maximum absolute atomic E-state index is 12.1. The Hall–Kier alpha value is -1.99. The highest BCUT2D eigenvalue weighted by Crippen LogP contribution is 2.10. The second kappa shape index (κ2) is 5.56. The molecule has 0 amide bonds. The molecule has 6 nitrogen and oxygen atoms in total. The third-order valence-corrected chi connectivity index (χ3v) is 4.32. The number of hydrogen-bond acceptors (Lipinski definition) is 4. The van der Waals surface area contributed by atoms with Crippen LogP contribution >= 0.6 is 0 Å². The van der Waals surface area contributed by atoms with Gasteiger partial charge >= 0.3 is 0 Å². The lowest BCUT2D eigenvalue weighted by Gasteiger charge is -2.13. The maximum Gasteiger partial charge on any atom is 0.264 e. The number of aromatic nitrogens is 2. The van der Waals surface area contributed by atoms with Gasteiger partial charge in [-0.1, -0.05) is 17.7 Å². The molecule has 2 aromatic rings. The largest absolute Gasteiger partial charge is 0.271 e. The smallest absolute Gasteiger partial charge is 0.264 e. The summed E-state index contributed by atoms with van der Waals surface area (Å²) in [6.45, 7) is 3.35. The zero-order valence-electron chi connectivity index (χ0n) is 11.1. The van der Waals surface area contributed by atoms with Gasteiger partial charge in [0.2, 0.25) is 10.0 Å².